The maximum atomic E-state index is 5.82. The van der Waals surface area contributed by atoms with E-state index in [2.05, 4.69) is 53.7 Å². The van der Waals surface area contributed by atoms with Gasteiger partial charge in [0.05, 0.1) is 0 Å². The molecule has 0 spiro atoms. The molecular weight excluding hydrogens is 224 g/mol. The molecule has 2 heteroatoms. The van der Waals surface area contributed by atoms with Crippen LogP contribution in [0, 0.1) is 0 Å². The minimum absolute atomic E-state index is 0.0616. The average Bonchev–Trinajstić information content (AvgIpc) is 2.25. The lowest BCUT2D eigenvalue weighted by atomic mass is 9.80. The molecule has 1 heterocycles. The van der Waals surface area contributed by atoms with Gasteiger partial charge in [-0.1, -0.05) is 47.6 Å². The molecule has 18 heavy (non-hydrogen) atoms. The molecule has 1 aliphatic rings. The van der Waals surface area contributed by atoms with Crippen LogP contribution >= 0.6 is 0 Å². The maximum Gasteiger partial charge on any atom is 0.165 e. The molecule has 0 fully saturated rings. The lowest BCUT2D eigenvalue weighted by Crippen LogP contribution is -2.23. The van der Waals surface area contributed by atoms with Crippen molar-refractivity contribution in [3.05, 3.63) is 23.3 Å². The molecule has 0 unspecified atom stereocenters. The molecule has 0 atom stereocenters. The van der Waals surface area contributed by atoms with Crippen LogP contribution in [0.4, 0.5) is 0 Å². The van der Waals surface area contributed by atoms with Crippen LogP contribution in [-0.2, 0) is 10.8 Å². The van der Waals surface area contributed by atoms with Crippen molar-refractivity contribution in [1.82, 2.24) is 0 Å². The van der Waals surface area contributed by atoms with Crippen LogP contribution in [-0.4, -0.2) is 13.2 Å². The minimum atomic E-state index is 0.0616. The van der Waals surface area contributed by atoms with E-state index in [0.29, 0.717) is 13.2 Å². The molecule has 0 saturated heterocycles. The first-order valence-corrected chi connectivity index (χ1v) is 6.64. The van der Waals surface area contributed by atoms with Gasteiger partial charge in [-0.15, -0.1) is 0 Å². The normalized spacial score (nSPS) is 15.7. The quantitative estimate of drug-likeness (QED) is 0.689. The van der Waals surface area contributed by atoms with E-state index in [1.807, 2.05) is 0 Å². The summed E-state index contributed by atoms with van der Waals surface area (Å²) in [7, 11) is 0. The molecule has 1 aromatic carbocycles. The van der Waals surface area contributed by atoms with E-state index >= 15 is 0 Å². The Labute approximate surface area is 110 Å². The number of benzene rings is 1. The van der Waals surface area contributed by atoms with Crippen LogP contribution in [0.25, 0.3) is 0 Å². The molecule has 0 saturated carbocycles. The molecule has 0 bridgehead atoms. The summed E-state index contributed by atoms with van der Waals surface area (Å²) in [4.78, 5) is 0. The topological polar surface area (TPSA) is 18.5 Å². The van der Waals surface area contributed by atoms with Crippen molar-refractivity contribution in [2.45, 2.75) is 52.4 Å². The van der Waals surface area contributed by atoms with Crippen molar-refractivity contribution in [3.63, 3.8) is 0 Å². The molecule has 1 aliphatic heterocycles. The van der Waals surface area contributed by atoms with Crippen LogP contribution in [0.2, 0.25) is 0 Å². The minimum Gasteiger partial charge on any atom is -0.486 e. The molecule has 100 valence electrons. The summed E-state index contributed by atoms with van der Waals surface area (Å²) in [5, 5.41) is 0. The van der Waals surface area contributed by atoms with Gasteiger partial charge in [0.2, 0.25) is 0 Å². The largest absolute Gasteiger partial charge is 0.486 e. The van der Waals surface area contributed by atoms with Gasteiger partial charge in [0.1, 0.15) is 13.2 Å². The summed E-state index contributed by atoms with van der Waals surface area (Å²) >= 11 is 0. The lowest BCUT2D eigenvalue weighted by Gasteiger charge is -2.31. The van der Waals surface area contributed by atoms with E-state index in [4.69, 9.17) is 9.47 Å². The van der Waals surface area contributed by atoms with E-state index < -0.39 is 0 Å². The summed E-state index contributed by atoms with van der Waals surface area (Å²) in [6.45, 7) is 14.6. The van der Waals surface area contributed by atoms with Crippen LogP contribution in [0.3, 0.4) is 0 Å². The summed E-state index contributed by atoms with van der Waals surface area (Å²) in [5.41, 5.74) is 2.73. The van der Waals surface area contributed by atoms with Gasteiger partial charge in [-0.3, -0.25) is 0 Å². The molecule has 0 aliphatic carbocycles. The average molecular weight is 248 g/mol. The molecule has 0 aromatic heterocycles. The van der Waals surface area contributed by atoms with Crippen molar-refractivity contribution >= 4 is 0 Å². The van der Waals surface area contributed by atoms with Crippen LogP contribution < -0.4 is 9.47 Å². The maximum absolute atomic E-state index is 5.82. The van der Waals surface area contributed by atoms with Crippen LogP contribution in [0.15, 0.2) is 12.1 Å². The van der Waals surface area contributed by atoms with Gasteiger partial charge < -0.3 is 9.47 Å². The number of rotatable bonds is 0. The highest BCUT2D eigenvalue weighted by atomic mass is 16.6. The first-order chi connectivity index (χ1) is 8.19. The SMILES string of the molecule is CC(C)(C)c1cc2c(c(C(C)(C)C)c1)OCCO2. The van der Waals surface area contributed by atoms with Gasteiger partial charge in [0.15, 0.2) is 11.5 Å². The van der Waals surface area contributed by atoms with Gasteiger partial charge in [-0.2, -0.15) is 0 Å². The Morgan fingerprint density at radius 2 is 1.44 bits per heavy atom. The Morgan fingerprint density at radius 3 is 2.00 bits per heavy atom. The van der Waals surface area contributed by atoms with Gasteiger partial charge in [-0.05, 0) is 22.5 Å². The number of hydrogen-bond donors (Lipinski definition) is 0. The molecule has 2 nitrogen and oxygen atoms in total. The second-order valence-corrected chi connectivity index (χ2v) is 7.05. The number of fused-ring (bicyclic) bond motifs is 1. The summed E-state index contributed by atoms with van der Waals surface area (Å²) in [5.74, 6) is 1.83. The monoisotopic (exact) mass is 248 g/mol. The van der Waals surface area contributed by atoms with Crippen molar-refractivity contribution in [2.75, 3.05) is 13.2 Å². The molecular formula is C16H24O2. The zero-order valence-corrected chi connectivity index (χ0v) is 12.4. The zero-order chi connectivity index (χ0) is 13.6. The van der Waals surface area contributed by atoms with E-state index in [1.54, 1.807) is 0 Å². The third kappa shape index (κ3) is 2.47. The predicted molar refractivity (Wildman–Crippen MR) is 74.8 cm³/mol. The van der Waals surface area contributed by atoms with E-state index in [-0.39, 0.29) is 10.8 Å². The standard InChI is InChI=1S/C16H24O2/c1-15(2,3)11-9-12(16(4,5)6)14-13(10-11)17-7-8-18-14/h9-10H,7-8H2,1-6H3. The third-order valence-corrected chi connectivity index (χ3v) is 3.32. The summed E-state index contributed by atoms with van der Waals surface area (Å²) in [6, 6.07) is 4.40. The highest BCUT2D eigenvalue weighted by Gasteiger charge is 2.28. The zero-order valence-electron chi connectivity index (χ0n) is 12.4. The van der Waals surface area contributed by atoms with Crippen molar-refractivity contribution < 1.29 is 9.47 Å². The van der Waals surface area contributed by atoms with Crippen LogP contribution in [0.1, 0.15) is 52.7 Å². The molecule has 1 aromatic rings. The first kappa shape index (κ1) is 13.3. The van der Waals surface area contributed by atoms with Crippen LogP contribution in [0.5, 0.6) is 11.5 Å². The second kappa shape index (κ2) is 4.18. The van der Waals surface area contributed by atoms with Gasteiger partial charge in [-0.25, -0.2) is 0 Å². The van der Waals surface area contributed by atoms with Gasteiger partial charge >= 0.3 is 0 Å². The van der Waals surface area contributed by atoms with E-state index in [0.717, 1.165) is 11.5 Å². The fourth-order valence-corrected chi connectivity index (χ4v) is 2.14. The highest BCUT2D eigenvalue weighted by molar-refractivity contribution is 5.54. The molecule has 0 N–H and O–H groups in total. The number of ether oxygens (including phenoxy) is 2. The molecule has 0 amide bonds. The fourth-order valence-electron chi connectivity index (χ4n) is 2.14. The third-order valence-electron chi connectivity index (χ3n) is 3.32. The fraction of sp³-hybridized carbons (Fsp3) is 0.625. The number of hydrogen-bond acceptors (Lipinski definition) is 2. The second-order valence-electron chi connectivity index (χ2n) is 7.05. The van der Waals surface area contributed by atoms with Crippen molar-refractivity contribution in [2.24, 2.45) is 0 Å². The molecule has 0 radical (unpaired) electrons. The van der Waals surface area contributed by atoms with E-state index in [9.17, 15) is 0 Å². The summed E-state index contributed by atoms with van der Waals surface area (Å²) < 4.78 is 11.6. The summed E-state index contributed by atoms with van der Waals surface area (Å²) in [6.07, 6.45) is 0. The Bertz CT molecular complexity index is 447. The Kier molecular flexibility index (Phi) is 3.08. The Hall–Kier alpha value is -1.18. The first-order valence-electron chi connectivity index (χ1n) is 6.64. The van der Waals surface area contributed by atoms with Crippen molar-refractivity contribution in [3.8, 4) is 11.5 Å². The predicted octanol–water partition coefficient (Wildman–Crippen LogP) is 4.05. The Balaban J connectivity index is 2.63. The van der Waals surface area contributed by atoms with E-state index in [1.165, 1.54) is 11.1 Å². The highest BCUT2D eigenvalue weighted by Crippen LogP contribution is 2.43. The van der Waals surface area contributed by atoms with Crippen molar-refractivity contribution in [1.29, 1.82) is 0 Å². The molecule has 2 rings (SSSR count). The van der Waals surface area contributed by atoms with Gasteiger partial charge in [0.25, 0.3) is 0 Å². The van der Waals surface area contributed by atoms with Gasteiger partial charge in [0, 0.05) is 5.56 Å². The smallest absolute Gasteiger partial charge is 0.165 e. The Morgan fingerprint density at radius 1 is 0.833 bits per heavy atom. The lowest BCUT2D eigenvalue weighted by molar-refractivity contribution is 0.167.